The van der Waals surface area contributed by atoms with E-state index in [9.17, 15) is 18.0 Å². The molecule has 0 spiro atoms. The van der Waals surface area contributed by atoms with Crippen LogP contribution in [0.3, 0.4) is 0 Å². The second-order valence-corrected chi connectivity index (χ2v) is 8.21. The van der Waals surface area contributed by atoms with Crippen molar-refractivity contribution in [1.82, 2.24) is 24.9 Å². The Morgan fingerprint density at radius 2 is 1.88 bits per heavy atom. The van der Waals surface area contributed by atoms with Crippen LogP contribution in [-0.4, -0.2) is 56.5 Å². The van der Waals surface area contributed by atoms with Gasteiger partial charge in [0.15, 0.2) is 0 Å². The Morgan fingerprint density at radius 3 is 2.62 bits per heavy atom. The third kappa shape index (κ3) is 3.49. The molecule has 2 aliphatic heterocycles. The number of rotatable bonds is 3. The van der Waals surface area contributed by atoms with E-state index in [2.05, 4.69) is 15.2 Å². The monoisotopic (exact) mass is 442 g/mol. The SMILES string of the molecule is Cc1cccc(C(=O)N2CCC3CN(c4cc(C(F)(F)F)ccn4)C3C2)c1-n1nccn1. The van der Waals surface area contributed by atoms with Gasteiger partial charge in [-0.3, -0.25) is 4.79 Å². The third-order valence-corrected chi connectivity index (χ3v) is 6.29. The Morgan fingerprint density at radius 1 is 1.09 bits per heavy atom. The van der Waals surface area contributed by atoms with Gasteiger partial charge in [-0.15, -0.1) is 0 Å². The summed E-state index contributed by atoms with van der Waals surface area (Å²) < 4.78 is 39.4. The molecule has 10 heteroatoms. The predicted octanol–water partition coefficient (Wildman–Crippen LogP) is 3.34. The van der Waals surface area contributed by atoms with E-state index >= 15 is 0 Å². The van der Waals surface area contributed by atoms with E-state index in [1.807, 2.05) is 24.0 Å². The minimum Gasteiger partial charge on any atom is -0.351 e. The Bertz CT molecular complexity index is 1150. The van der Waals surface area contributed by atoms with Crippen LogP contribution >= 0.6 is 0 Å². The first kappa shape index (κ1) is 20.5. The maximum atomic E-state index is 13.4. The summed E-state index contributed by atoms with van der Waals surface area (Å²) in [4.78, 5) is 22.7. The molecule has 4 heterocycles. The molecule has 0 radical (unpaired) electrons. The summed E-state index contributed by atoms with van der Waals surface area (Å²) in [7, 11) is 0. The molecule has 0 saturated carbocycles. The molecule has 1 amide bonds. The number of likely N-dealkylation sites (tertiary alicyclic amines) is 1. The Kier molecular flexibility index (Phi) is 4.87. The molecule has 7 nitrogen and oxygen atoms in total. The van der Waals surface area contributed by atoms with Gasteiger partial charge in [-0.1, -0.05) is 12.1 Å². The Labute approximate surface area is 182 Å². The molecule has 2 atom stereocenters. The quantitative estimate of drug-likeness (QED) is 0.623. The van der Waals surface area contributed by atoms with Gasteiger partial charge in [0.1, 0.15) is 11.5 Å². The fraction of sp³-hybridized carbons (Fsp3) is 0.364. The van der Waals surface area contributed by atoms with Crippen molar-refractivity contribution >= 4 is 11.7 Å². The average Bonchev–Trinajstić information content (AvgIpc) is 3.28. The molecule has 3 aromatic rings. The van der Waals surface area contributed by atoms with E-state index < -0.39 is 11.7 Å². The maximum Gasteiger partial charge on any atom is 0.416 e. The van der Waals surface area contributed by atoms with Crippen LogP contribution in [0, 0.1) is 12.8 Å². The molecule has 2 fully saturated rings. The fourth-order valence-corrected chi connectivity index (χ4v) is 4.59. The van der Waals surface area contributed by atoms with Crippen molar-refractivity contribution in [2.75, 3.05) is 24.5 Å². The molecule has 32 heavy (non-hydrogen) atoms. The van der Waals surface area contributed by atoms with Gasteiger partial charge in [-0.05, 0) is 37.1 Å². The number of fused-ring (bicyclic) bond motifs is 1. The number of halogens is 3. The number of aryl methyl sites for hydroxylation is 1. The minimum absolute atomic E-state index is 0.0558. The molecule has 2 saturated heterocycles. The van der Waals surface area contributed by atoms with Gasteiger partial charge in [0.2, 0.25) is 0 Å². The van der Waals surface area contributed by atoms with Crippen LogP contribution in [0.15, 0.2) is 48.9 Å². The van der Waals surface area contributed by atoms with Gasteiger partial charge >= 0.3 is 6.18 Å². The lowest BCUT2D eigenvalue weighted by molar-refractivity contribution is -0.137. The second-order valence-electron chi connectivity index (χ2n) is 8.21. The molecule has 0 N–H and O–H groups in total. The second kappa shape index (κ2) is 7.61. The summed E-state index contributed by atoms with van der Waals surface area (Å²) in [5, 5.41) is 8.36. The number of carbonyl (C=O) groups excluding carboxylic acids is 1. The standard InChI is InChI=1S/C22H21F3N6O/c1-14-3-2-4-17(20(14)31-27-8-9-28-31)21(32)29-10-6-15-12-30(18(15)13-29)19-11-16(5-7-26-19)22(23,24)25/h2-5,7-9,11,15,18H,6,10,12-13H2,1H3. The summed E-state index contributed by atoms with van der Waals surface area (Å²) in [6.45, 7) is 3.58. The van der Waals surface area contributed by atoms with Gasteiger partial charge in [-0.25, -0.2) is 4.98 Å². The molecule has 0 aliphatic carbocycles. The molecule has 0 bridgehead atoms. The topological polar surface area (TPSA) is 67.2 Å². The first-order valence-corrected chi connectivity index (χ1v) is 10.4. The zero-order valence-corrected chi connectivity index (χ0v) is 17.3. The lowest BCUT2D eigenvalue weighted by Crippen LogP contribution is -2.65. The van der Waals surface area contributed by atoms with Gasteiger partial charge in [0, 0.05) is 31.7 Å². The average molecular weight is 442 g/mol. The first-order valence-electron chi connectivity index (χ1n) is 10.4. The number of nitrogens with zero attached hydrogens (tertiary/aromatic N) is 6. The molecule has 166 valence electrons. The number of hydrogen-bond acceptors (Lipinski definition) is 5. The van der Waals surface area contributed by atoms with E-state index in [0.29, 0.717) is 42.6 Å². The molecular formula is C22H21F3N6O. The number of pyridine rings is 1. The molecular weight excluding hydrogens is 421 g/mol. The van der Waals surface area contributed by atoms with Crippen molar-refractivity contribution in [1.29, 1.82) is 0 Å². The van der Waals surface area contributed by atoms with Crippen molar-refractivity contribution in [2.45, 2.75) is 25.6 Å². The number of carbonyl (C=O) groups is 1. The summed E-state index contributed by atoms with van der Waals surface area (Å²) in [5.74, 6) is 0.496. The van der Waals surface area contributed by atoms with Crippen LogP contribution in [0.2, 0.25) is 0 Å². The highest BCUT2D eigenvalue weighted by Gasteiger charge is 2.45. The predicted molar refractivity (Wildman–Crippen MR) is 110 cm³/mol. The van der Waals surface area contributed by atoms with Crippen molar-refractivity contribution in [3.63, 3.8) is 0 Å². The van der Waals surface area contributed by atoms with Crippen LogP contribution in [-0.2, 0) is 6.18 Å². The van der Waals surface area contributed by atoms with Crippen molar-refractivity contribution < 1.29 is 18.0 Å². The lowest BCUT2D eigenvalue weighted by Gasteiger charge is -2.54. The first-order chi connectivity index (χ1) is 15.3. The zero-order valence-electron chi connectivity index (χ0n) is 17.3. The summed E-state index contributed by atoms with van der Waals surface area (Å²) in [6.07, 6.45) is 0.681. The van der Waals surface area contributed by atoms with Crippen molar-refractivity contribution in [2.24, 2.45) is 5.92 Å². The summed E-state index contributed by atoms with van der Waals surface area (Å²) in [6, 6.07) is 7.48. The van der Waals surface area contributed by atoms with Gasteiger partial charge in [0.05, 0.1) is 29.6 Å². The van der Waals surface area contributed by atoms with E-state index in [1.54, 1.807) is 23.4 Å². The number of aromatic nitrogens is 4. The largest absolute Gasteiger partial charge is 0.416 e. The highest BCUT2D eigenvalue weighted by atomic mass is 19.4. The van der Waals surface area contributed by atoms with Crippen LogP contribution in [0.1, 0.15) is 27.9 Å². The fourth-order valence-electron chi connectivity index (χ4n) is 4.59. The lowest BCUT2D eigenvalue weighted by atomic mass is 9.82. The summed E-state index contributed by atoms with van der Waals surface area (Å²) >= 11 is 0. The molecule has 2 aliphatic rings. The van der Waals surface area contributed by atoms with Crippen molar-refractivity contribution in [3.8, 4) is 5.69 Å². The molecule has 2 unspecified atom stereocenters. The van der Waals surface area contributed by atoms with E-state index in [0.717, 1.165) is 24.1 Å². The number of anilines is 1. The number of para-hydroxylation sites is 1. The number of alkyl halides is 3. The van der Waals surface area contributed by atoms with Gasteiger partial charge in [0.25, 0.3) is 5.91 Å². The molecule has 2 aromatic heterocycles. The highest BCUT2D eigenvalue weighted by molar-refractivity contribution is 5.98. The van der Waals surface area contributed by atoms with Gasteiger partial charge < -0.3 is 9.80 Å². The number of hydrogen-bond donors (Lipinski definition) is 0. The molecule has 5 rings (SSSR count). The highest BCUT2D eigenvalue weighted by Crippen LogP contribution is 2.38. The normalized spacial score (nSPS) is 20.6. The number of piperidine rings is 1. The number of amides is 1. The van der Waals surface area contributed by atoms with Crippen LogP contribution in [0.4, 0.5) is 19.0 Å². The van der Waals surface area contributed by atoms with E-state index in [-0.39, 0.29) is 11.9 Å². The van der Waals surface area contributed by atoms with Crippen LogP contribution in [0.5, 0.6) is 0 Å². The number of benzene rings is 1. The smallest absolute Gasteiger partial charge is 0.351 e. The minimum atomic E-state index is -4.42. The van der Waals surface area contributed by atoms with Crippen LogP contribution < -0.4 is 4.90 Å². The van der Waals surface area contributed by atoms with Crippen LogP contribution in [0.25, 0.3) is 5.69 Å². The summed E-state index contributed by atoms with van der Waals surface area (Å²) in [5.41, 5.74) is 1.29. The third-order valence-electron chi connectivity index (χ3n) is 6.29. The Hall–Kier alpha value is -3.43. The van der Waals surface area contributed by atoms with Crippen molar-refractivity contribution in [3.05, 3.63) is 65.6 Å². The maximum absolute atomic E-state index is 13.4. The zero-order chi connectivity index (χ0) is 22.5. The van der Waals surface area contributed by atoms with E-state index in [4.69, 9.17) is 0 Å². The Balaban J connectivity index is 1.38. The molecule has 1 aromatic carbocycles. The van der Waals surface area contributed by atoms with E-state index in [1.165, 1.54) is 11.0 Å². The van der Waals surface area contributed by atoms with Gasteiger partial charge in [-0.2, -0.15) is 28.2 Å².